The van der Waals surface area contributed by atoms with Crippen molar-refractivity contribution in [3.63, 3.8) is 0 Å². The number of rotatable bonds is 14. The summed E-state index contributed by atoms with van der Waals surface area (Å²) >= 11 is 0. The molecular formula is C20H40N6O4. The molecule has 0 aliphatic carbocycles. The molecule has 10 nitrogen and oxygen atoms in total. The van der Waals surface area contributed by atoms with Crippen molar-refractivity contribution in [2.45, 2.75) is 78.4 Å². The maximum absolute atomic E-state index is 12.8. The first kappa shape index (κ1) is 27.6. The Balaban J connectivity index is 5.08. The Labute approximate surface area is 179 Å². The van der Waals surface area contributed by atoms with Crippen molar-refractivity contribution in [2.24, 2.45) is 28.3 Å². The molecule has 0 unspecified atom stereocenters. The first-order valence-corrected chi connectivity index (χ1v) is 10.5. The van der Waals surface area contributed by atoms with E-state index in [1.165, 1.54) is 6.92 Å². The van der Waals surface area contributed by atoms with Crippen molar-refractivity contribution in [3.05, 3.63) is 0 Å². The van der Waals surface area contributed by atoms with Crippen LogP contribution in [0, 0.1) is 11.8 Å². The van der Waals surface area contributed by atoms with Crippen LogP contribution in [0.3, 0.4) is 0 Å². The van der Waals surface area contributed by atoms with Crippen LogP contribution in [0.4, 0.5) is 0 Å². The average molecular weight is 429 g/mol. The third-order valence-corrected chi connectivity index (χ3v) is 4.31. The van der Waals surface area contributed by atoms with Gasteiger partial charge in [0.15, 0.2) is 5.96 Å². The standard InChI is InChI=1S/C20H40N6O4/c1-12(2)9-16(24-14(5)28)19(30)26-17(10-13(3)4)18(29)25-15(11-27)7-6-8-23-20(21)22/h12-13,15-17,27H,6-11H2,1-5H3,(H,24,28)(H,25,29)(H,26,30)(H4,21,22,23)/t15-,16-,17-/m0/s1. The van der Waals surface area contributed by atoms with E-state index < -0.39 is 24.0 Å². The summed E-state index contributed by atoms with van der Waals surface area (Å²) in [7, 11) is 0. The van der Waals surface area contributed by atoms with Crippen LogP contribution in [-0.2, 0) is 14.4 Å². The summed E-state index contributed by atoms with van der Waals surface area (Å²) in [6, 6.07) is -1.95. The molecule has 0 aliphatic heterocycles. The number of aliphatic imine (C=N–C) groups is 1. The fourth-order valence-electron chi connectivity index (χ4n) is 2.98. The van der Waals surface area contributed by atoms with Gasteiger partial charge in [0.2, 0.25) is 17.7 Å². The zero-order chi connectivity index (χ0) is 23.3. The second-order valence-electron chi connectivity index (χ2n) is 8.41. The van der Waals surface area contributed by atoms with Crippen LogP contribution in [0.1, 0.15) is 60.3 Å². The van der Waals surface area contributed by atoms with E-state index in [-0.39, 0.29) is 36.2 Å². The fourth-order valence-corrected chi connectivity index (χ4v) is 2.98. The molecule has 0 aromatic heterocycles. The molecule has 0 rings (SSSR count). The normalized spacial score (nSPS) is 14.0. The Morgan fingerprint density at radius 2 is 1.40 bits per heavy atom. The van der Waals surface area contributed by atoms with Crippen LogP contribution >= 0.6 is 0 Å². The zero-order valence-corrected chi connectivity index (χ0v) is 18.9. The van der Waals surface area contributed by atoms with E-state index in [1.807, 2.05) is 27.7 Å². The van der Waals surface area contributed by atoms with Crippen LogP contribution in [0.25, 0.3) is 0 Å². The van der Waals surface area contributed by atoms with Gasteiger partial charge in [0.1, 0.15) is 12.1 Å². The number of hydrogen-bond acceptors (Lipinski definition) is 5. The largest absolute Gasteiger partial charge is 0.394 e. The van der Waals surface area contributed by atoms with Gasteiger partial charge in [-0.15, -0.1) is 0 Å². The molecule has 0 saturated heterocycles. The minimum Gasteiger partial charge on any atom is -0.394 e. The Kier molecular flexibility index (Phi) is 13.4. The summed E-state index contributed by atoms with van der Waals surface area (Å²) in [6.45, 7) is 9.32. The second kappa shape index (κ2) is 14.6. The van der Waals surface area contributed by atoms with Crippen molar-refractivity contribution in [1.82, 2.24) is 16.0 Å². The van der Waals surface area contributed by atoms with Gasteiger partial charge >= 0.3 is 0 Å². The summed E-state index contributed by atoms with van der Waals surface area (Å²) in [5.41, 5.74) is 10.6. The minimum absolute atomic E-state index is 0.00517. The molecule has 174 valence electrons. The van der Waals surface area contributed by atoms with Crippen molar-refractivity contribution >= 4 is 23.7 Å². The summed E-state index contributed by atoms with van der Waals surface area (Å²) in [6.07, 6.45) is 1.97. The third-order valence-electron chi connectivity index (χ3n) is 4.31. The van der Waals surface area contributed by atoms with Crippen molar-refractivity contribution in [3.8, 4) is 0 Å². The monoisotopic (exact) mass is 428 g/mol. The summed E-state index contributed by atoms with van der Waals surface area (Å²) < 4.78 is 0. The highest BCUT2D eigenvalue weighted by Crippen LogP contribution is 2.09. The summed E-state index contributed by atoms with van der Waals surface area (Å²) in [5, 5.41) is 17.8. The molecule has 0 spiro atoms. The Bertz CT molecular complexity index is 576. The third kappa shape index (κ3) is 13.0. The number of aliphatic hydroxyl groups is 1. The van der Waals surface area contributed by atoms with E-state index in [0.717, 1.165) is 0 Å². The molecule has 30 heavy (non-hydrogen) atoms. The van der Waals surface area contributed by atoms with Crippen molar-refractivity contribution < 1.29 is 19.5 Å². The molecule has 8 N–H and O–H groups in total. The molecule has 0 aromatic rings. The first-order valence-electron chi connectivity index (χ1n) is 10.5. The number of nitrogens with two attached hydrogens (primary N) is 2. The van der Waals surface area contributed by atoms with Crippen molar-refractivity contribution in [2.75, 3.05) is 13.2 Å². The number of guanidine groups is 1. The maximum atomic E-state index is 12.8. The van der Waals surface area contributed by atoms with Gasteiger partial charge in [-0.1, -0.05) is 27.7 Å². The van der Waals surface area contributed by atoms with E-state index in [0.29, 0.717) is 32.2 Å². The van der Waals surface area contributed by atoms with Gasteiger partial charge in [0.25, 0.3) is 0 Å². The summed E-state index contributed by atoms with van der Waals surface area (Å²) in [5.74, 6) is -0.734. The second-order valence-corrected chi connectivity index (χ2v) is 8.41. The highest BCUT2D eigenvalue weighted by Gasteiger charge is 2.28. The number of carbonyl (C=O) groups is 3. The van der Waals surface area contributed by atoms with E-state index in [9.17, 15) is 19.5 Å². The first-order chi connectivity index (χ1) is 14.0. The number of hydrogen-bond donors (Lipinski definition) is 6. The van der Waals surface area contributed by atoms with Crippen LogP contribution in [0.2, 0.25) is 0 Å². The zero-order valence-electron chi connectivity index (χ0n) is 18.9. The molecule has 3 amide bonds. The summed E-state index contributed by atoms with van der Waals surface area (Å²) in [4.78, 5) is 40.9. The molecule has 0 aliphatic rings. The van der Waals surface area contributed by atoms with Crippen molar-refractivity contribution in [1.29, 1.82) is 0 Å². The molecule has 3 atom stereocenters. The van der Waals surface area contributed by atoms with Gasteiger partial charge in [-0.2, -0.15) is 0 Å². The molecule has 0 aromatic carbocycles. The fraction of sp³-hybridized carbons (Fsp3) is 0.800. The van der Waals surface area contributed by atoms with Gasteiger partial charge in [-0.3, -0.25) is 19.4 Å². The number of aliphatic hydroxyl groups excluding tert-OH is 1. The van der Waals surface area contributed by atoms with E-state index in [2.05, 4.69) is 20.9 Å². The average Bonchev–Trinajstić information content (AvgIpc) is 2.61. The number of nitrogens with zero attached hydrogens (tertiary/aromatic N) is 1. The highest BCUT2D eigenvalue weighted by atomic mass is 16.3. The van der Waals surface area contributed by atoms with E-state index in [1.54, 1.807) is 0 Å². The predicted octanol–water partition coefficient (Wildman–Crippen LogP) is -0.401. The van der Waals surface area contributed by atoms with E-state index >= 15 is 0 Å². The molecule has 0 bridgehead atoms. The number of amides is 3. The van der Waals surface area contributed by atoms with E-state index in [4.69, 9.17) is 11.5 Å². The predicted molar refractivity (Wildman–Crippen MR) is 117 cm³/mol. The lowest BCUT2D eigenvalue weighted by atomic mass is 9.99. The minimum atomic E-state index is -0.771. The topological polar surface area (TPSA) is 172 Å². The molecule has 0 fully saturated rings. The SMILES string of the molecule is CC(=O)N[C@@H](CC(C)C)C(=O)N[C@@H](CC(C)C)C(=O)N[C@H](CO)CCCN=C(N)N. The molecular weight excluding hydrogens is 388 g/mol. The van der Waals surface area contributed by atoms with Gasteiger partial charge in [-0.25, -0.2) is 0 Å². The van der Waals surface area contributed by atoms with Crippen LogP contribution < -0.4 is 27.4 Å². The molecule has 0 radical (unpaired) electrons. The maximum Gasteiger partial charge on any atom is 0.243 e. The molecule has 0 saturated carbocycles. The smallest absolute Gasteiger partial charge is 0.243 e. The van der Waals surface area contributed by atoms with Gasteiger partial charge < -0.3 is 32.5 Å². The number of nitrogens with one attached hydrogen (secondary N) is 3. The highest BCUT2D eigenvalue weighted by molar-refractivity contribution is 5.91. The van der Waals surface area contributed by atoms with Gasteiger partial charge in [0.05, 0.1) is 12.6 Å². The lowest BCUT2D eigenvalue weighted by Crippen LogP contribution is -2.55. The Morgan fingerprint density at radius 1 is 0.900 bits per heavy atom. The number of carbonyl (C=O) groups excluding carboxylic acids is 3. The van der Waals surface area contributed by atoms with Crippen LogP contribution in [0.5, 0.6) is 0 Å². The Hall–Kier alpha value is -2.36. The van der Waals surface area contributed by atoms with Crippen LogP contribution in [0.15, 0.2) is 4.99 Å². The quantitative estimate of drug-likeness (QED) is 0.125. The molecule has 0 heterocycles. The lowest BCUT2D eigenvalue weighted by Gasteiger charge is -2.26. The van der Waals surface area contributed by atoms with Gasteiger partial charge in [0, 0.05) is 13.5 Å². The lowest BCUT2D eigenvalue weighted by molar-refractivity contribution is -0.132. The molecule has 10 heteroatoms. The van der Waals surface area contributed by atoms with Gasteiger partial charge in [-0.05, 0) is 37.5 Å². The Morgan fingerprint density at radius 3 is 1.83 bits per heavy atom. The van der Waals surface area contributed by atoms with Crippen LogP contribution in [-0.4, -0.2) is 60.1 Å².